The molecule has 1 aliphatic rings. The molecule has 0 radical (unpaired) electrons. The Kier molecular flexibility index (Phi) is 5.77. The lowest BCUT2D eigenvalue weighted by molar-refractivity contribution is 0.472. The third kappa shape index (κ3) is 4.43. The van der Waals surface area contributed by atoms with Gasteiger partial charge in [0.25, 0.3) is 0 Å². The summed E-state index contributed by atoms with van der Waals surface area (Å²) in [5.74, 6) is 0. The minimum Gasteiger partial charge on any atom is -0.317 e. The van der Waals surface area contributed by atoms with Gasteiger partial charge in [-0.3, -0.25) is 0 Å². The molecule has 1 aromatic carbocycles. The molecule has 4 heteroatoms. The first-order valence-electron chi connectivity index (χ1n) is 6.64. The fourth-order valence-corrected chi connectivity index (χ4v) is 2.86. The summed E-state index contributed by atoms with van der Waals surface area (Å²) >= 11 is 12.0. The van der Waals surface area contributed by atoms with Crippen LogP contribution in [0.5, 0.6) is 0 Å². The molecule has 0 saturated carbocycles. The fraction of sp³-hybridized carbons (Fsp3) is 0.571. The van der Waals surface area contributed by atoms with Gasteiger partial charge in [-0.15, -0.1) is 0 Å². The molecule has 2 N–H and O–H groups in total. The van der Waals surface area contributed by atoms with Crippen LogP contribution in [0.25, 0.3) is 0 Å². The zero-order valence-electron chi connectivity index (χ0n) is 10.5. The van der Waals surface area contributed by atoms with Crippen molar-refractivity contribution in [2.75, 3.05) is 19.6 Å². The normalized spacial score (nSPS) is 20.7. The monoisotopic (exact) mass is 286 g/mol. The highest BCUT2D eigenvalue weighted by molar-refractivity contribution is 6.35. The molecule has 0 amide bonds. The molecule has 100 valence electrons. The van der Waals surface area contributed by atoms with E-state index in [1.807, 2.05) is 18.2 Å². The van der Waals surface area contributed by atoms with E-state index >= 15 is 0 Å². The number of benzene rings is 1. The molecule has 2 nitrogen and oxygen atoms in total. The standard InChI is InChI=1S/C14H20Cl2N2/c15-12-4-3-11(14(16)10-12)5-9-18-13-2-1-7-17-8-6-13/h3-4,10,13,17-18H,1-2,5-9H2. The van der Waals surface area contributed by atoms with E-state index in [2.05, 4.69) is 10.6 Å². The Balaban J connectivity index is 1.77. The van der Waals surface area contributed by atoms with Gasteiger partial charge >= 0.3 is 0 Å². The van der Waals surface area contributed by atoms with Crippen molar-refractivity contribution in [2.24, 2.45) is 0 Å². The van der Waals surface area contributed by atoms with Crippen molar-refractivity contribution in [1.82, 2.24) is 10.6 Å². The minimum atomic E-state index is 0.645. The van der Waals surface area contributed by atoms with Crippen LogP contribution in [-0.2, 0) is 6.42 Å². The zero-order chi connectivity index (χ0) is 12.8. The summed E-state index contributed by atoms with van der Waals surface area (Å²) in [5, 5.41) is 8.52. The van der Waals surface area contributed by atoms with Crippen LogP contribution in [0.3, 0.4) is 0 Å². The van der Waals surface area contributed by atoms with Crippen molar-refractivity contribution < 1.29 is 0 Å². The molecular weight excluding hydrogens is 267 g/mol. The maximum Gasteiger partial charge on any atom is 0.0453 e. The molecule has 1 heterocycles. The van der Waals surface area contributed by atoms with E-state index in [4.69, 9.17) is 23.2 Å². The van der Waals surface area contributed by atoms with Gasteiger partial charge in [0.2, 0.25) is 0 Å². The topological polar surface area (TPSA) is 24.1 Å². The molecule has 1 aliphatic heterocycles. The Morgan fingerprint density at radius 1 is 1.22 bits per heavy atom. The molecule has 1 aromatic rings. The number of halogens is 2. The average Bonchev–Trinajstić information content (AvgIpc) is 2.60. The molecule has 0 spiro atoms. The maximum atomic E-state index is 6.15. The summed E-state index contributed by atoms with van der Waals surface area (Å²) in [4.78, 5) is 0. The lowest BCUT2D eigenvalue weighted by Gasteiger charge is -2.16. The Bertz CT molecular complexity index is 374. The van der Waals surface area contributed by atoms with Crippen molar-refractivity contribution in [3.05, 3.63) is 33.8 Å². The number of hydrogen-bond acceptors (Lipinski definition) is 2. The summed E-state index contributed by atoms with van der Waals surface area (Å²) in [5.41, 5.74) is 1.17. The largest absolute Gasteiger partial charge is 0.317 e. The average molecular weight is 287 g/mol. The molecule has 0 aromatic heterocycles. The van der Waals surface area contributed by atoms with Gasteiger partial charge in [0.15, 0.2) is 0 Å². The Morgan fingerprint density at radius 2 is 2.11 bits per heavy atom. The van der Waals surface area contributed by atoms with E-state index in [0.29, 0.717) is 11.1 Å². The third-order valence-corrected chi connectivity index (χ3v) is 4.01. The fourth-order valence-electron chi connectivity index (χ4n) is 2.36. The first kappa shape index (κ1) is 14.1. The zero-order valence-corrected chi connectivity index (χ0v) is 12.0. The van der Waals surface area contributed by atoms with Gasteiger partial charge in [0, 0.05) is 16.1 Å². The second-order valence-corrected chi connectivity index (χ2v) is 5.66. The van der Waals surface area contributed by atoms with Crippen LogP contribution in [0.2, 0.25) is 10.0 Å². The Hall–Kier alpha value is -0.280. The van der Waals surface area contributed by atoms with Gasteiger partial charge < -0.3 is 10.6 Å². The number of nitrogens with one attached hydrogen (secondary N) is 2. The molecule has 0 bridgehead atoms. The Morgan fingerprint density at radius 3 is 2.94 bits per heavy atom. The van der Waals surface area contributed by atoms with E-state index in [-0.39, 0.29) is 0 Å². The highest BCUT2D eigenvalue weighted by atomic mass is 35.5. The second-order valence-electron chi connectivity index (χ2n) is 4.82. The summed E-state index contributed by atoms with van der Waals surface area (Å²) in [6.07, 6.45) is 4.70. The van der Waals surface area contributed by atoms with Crippen LogP contribution >= 0.6 is 23.2 Å². The van der Waals surface area contributed by atoms with Gasteiger partial charge in [-0.1, -0.05) is 29.3 Å². The van der Waals surface area contributed by atoms with Crippen LogP contribution in [0, 0.1) is 0 Å². The van der Waals surface area contributed by atoms with Crippen molar-refractivity contribution in [2.45, 2.75) is 31.7 Å². The van der Waals surface area contributed by atoms with Crippen LogP contribution in [0.1, 0.15) is 24.8 Å². The first-order valence-corrected chi connectivity index (χ1v) is 7.39. The van der Waals surface area contributed by atoms with Crippen LogP contribution < -0.4 is 10.6 Å². The van der Waals surface area contributed by atoms with Gasteiger partial charge in [-0.25, -0.2) is 0 Å². The molecule has 18 heavy (non-hydrogen) atoms. The predicted molar refractivity (Wildman–Crippen MR) is 78.7 cm³/mol. The molecule has 1 unspecified atom stereocenters. The lowest BCUT2D eigenvalue weighted by atomic mass is 10.1. The van der Waals surface area contributed by atoms with Crippen LogP contribution in [-0.4, -0.2) is 25.7 Å². The molecule has 1 atom stereocenters. The van der Waals surface area contributed by atoms with Crippen molar-refractivity contribution in [1.29, 1.82) is 0 Å². The van der Waals surface area contributed by atoms with Crippen molar-refractivity contribution >= 4 is 23.2 Å². The van der Waals surface area contributed by atoms with Gasteiger partial charge in [0.1, 0.15) is 0 Å². The van der Waals surface area contributed by atoms with Crippen LogP contribution in [0.4, 0.5) is 0 Å². The quantitative estimate of drug-likeness (QED) is 0.888. The van der Waals surface area contributed by atoms with E-state index < -0.39 is 0 Å². The number of hydrogen-bond donors (Lipinski definition) is 2. The summed E-state index contributed by atoms with van der Waals surface area (Å²) < 4.78 is 0. The molecule has 0 aliphatic carbocycles. The molecular formula is C14H20Cl2N2. The third-order valence-electron chi connectivity index (χ3n) is 3.42. The van der Waals surface area contributed by atoms with Gasteiger partial charge in [-0.2, -0.15) is 0 Å². The highest BCUT2D eigenvalue weighted by Crippen LogP contribution is 2.21. The second kappa shape index (κ2) is 7.34. The molecule has 1 fully saturated rings. The minimum absolute atomic E-state index is 0.645. The smallest absolute Gasteiger partial charge is 0.0453 e. The SMILES string of the molecule is Clc1ccc(CCNC2CCCNCC2)c(Cl)c1. The summed E-state index contributed by atoms with van der Waals surface area (Å²) in [7, 11) is 0. The van der Waals surface area contributed by atoms with Crippen molar-refractivity contribution in [3.8, 4) is 0 Å². The summed E-state index contributed by atoms with van der Waals surface area (Å²) in [6, 6.07) is 6.37. The van der Waals surface area contributed by atoms with E-state index in [0.717, 1.165) is 31.1 Å². The number of rotatable bonds is 4. The summed E-state index contributed by atoms with van der Waals surface area (Å²) in [6.45, 7) is 3.26. The van der Waals surface area contributed by atoms with E-state index in [1.54, 1.807) is 0 Å². The Labute approximate surface area is 119 Å². The molecule has 2 rings (SSSR count). The highest BCUT2D eigenvalue weighted by Gasteiger charge is 2.10. The predicted octanol–water partition coefficient (Wildman–Crippen LogP) is 3.27. The van der Waals surface area contributed by atoms with E-state index in [1.165, 1.54) is 24.8 Å². The molecule has 1 saturated heterocycles. The van der Waals surface area contributed by atoms with Crippen molar-refractivity contribution in [3.63, 3.8) is 0 Å². The van der Waals surface area contributed by atoms with E-state index in [9.17, 15) is 0 Å². The van der Waals surface area contributed by atoms with Gasteiger partial charge in [-0.05, 0) is 63.0 Å². The first-order chi connectivity index (χ1) is 8.75. The van der Waals surface area contributed by atoms with Gasteiger partial charge in [0.05, 0.1) is 0 Å². The maximum absolute atomic E-state index is 6.15. The van der Waals surface area contributed by atoms with Crippen LogP contribution in [0.15, 0.2) is 18.2 Å². The lowest BCUT2D eigenvalue weighted by Crippen LogP contribution is -2.31.